The minimum absolute atomic E-state index is 0.740. The number of rotatable bonds is 9. The second-order valence-corrected chi connectivity index (χ2v) is 4.31. The Balaban J connectivity index is 2.26. The predicted octanol–water partition coefficient (Wildman–Crippen LogP) is 3.20. The van der Waals surface area contributed by atoms with Gasteiger partial charge < -0.3 is 14.4 Å². The van der Waals surface area contributed by atoms with Crippen molar-refractivity contribution in [3.8, 4) is 11.5 Å². The average molecular weight is 251 g/mol. The Labute approximate surface area is 111 Å². The lowest BCUT2D eigenvalue weighted by Gasteiger charge is -2.20. The van der Waals surface area contributed by atoms with Gasteiger partial charge in [0.05, 0.1) is 7.11 Å². The van der Waals surface area contributed by atoms with Crippen LogP contribution < -0.4 is 9.47 Å². The number of hydrogen-bond donors (Lipinski definition) is 0. The van der Waals surface area contributed by atoms with Crippen LogP contribution in [0.1, 0.15) is 26.7 Å². The summed E-state index contributed by atoms with van der Waals surface area (Å²) < 4.78 is 10.8. The van der Waals surface area contributed by atoms with E-state index in [1.165, 1.54) is 19.4 Å². The molecule has 0 atom stereocenters. The van der Waals surface area contributed by atoms with Crippen molar-refractivity contribution in [2.75, 3.05) is 33.4 Å². The number of unbranched alkanes of at least 4 members (excludes halogenated alkanes) is 1. The average Bonchev–Trinajstić information content (AvgIpc) is 2.43. The van der Waals surface area contributed by atoms with Gasteiger partial charge in [-0.3, -0.25) is 0 Å². The normalized spacial score (nSPS) is 10.7. The van der Waals surface area contributed by atoms with Gasteiger partial charge in [-0.2, -0.15) is 0 Å². The molecule has 0 aliphatic carbocycles. The van der Waals surface area contributed by atoms with Crippen molar-refractivity contribution in [2.24, 2.45) is 0 Å². The van der Waals surface area contributed by atoms with Gasteiger partial charge in [0.1, 0.15) is 18.1 Å². The molecule has 0 radical (unpaired) electrons. The summed E-state index contributed by atoms with van der Waals surface area (Å²) in [5, 5.41) is 0. The summed E-state index contributed by atoms with van der Waals surface area (Å²) in [4.78, 5) is 2.42. The zero-order chi connectivity index (χ0) is 13.2. The Morgan fingerprint density at radius 2 is 1.67 bits per heavy atom. The highest BCUT2D eigenvalue weighted by molar-refractivity contribution is 5.31. The Morgan fingerprint density at radius 3 is 2.22 bits per heavy atom. The van der Waals surface area contributed by atoms with E-state index in [0.717, 1.165) is 31.2 Å². The van der Waals surface area contributed by atoms with Crippen molar-refractivity contribution in [1.29, 1.82) is 0 Å². The van der Waals surface area contributed by atoms with Crippen molar-refractivity contribution in [3.63, 3.8) is 0 Å². The van der Waals surface area contributed by atoms with Crippen molar-refractivity contribution < 1.29 is 9.47 Å². The van der Waals surface area contributed by atoms with E-state index in [1.807, 2.05) is 24.3 Å². The van der Waals surface area contributed by atoms with E-state index < -0.39 is 0 Å². The molecule has 18 heavy (non-hydrogen) atoms. The van der Waals surface area contributed by atoms with Gasteiger partial charge in [-0.1, -0.05) is 20.3 Å². The van der Waals surface area contributed by atoms with E-state index in [9.17, 15) is 0 Å². The molecule has 0 unspecified atom stereocenters. The van der Waals surface area contributed by atoms with Crippen molar-refractivity contribution in [2.45, 2.75) is 26.7 Å². The highest BCUT2D eigenvalue weighted by Gasteiger charge is 2.02. The Hall–Kier alpha value is -1.22. The van der Waals surface area contributed by atoms with E-state index in [1.54, 1.807) is 7.11 Å². The molecule has 0 aliphatic rings. The second kappa shape index (κ2) is 8.81. The monoisotopic (exact) mass is 251 g/mol. The minimum atomic E-state index is 0.740. The summed E-state index contributed by atoms with van der Waals surface area (Å²) in [6.07, 6.45) is 2.51. The van der Waals surface area contributed by atoms with Gasteiger partial charge in [-0.05, 0) is 43.8 Å². The lowest BCUT2D eigenvalue weighted by Crippen LogP contribution is -2.29. The number of ether oxygens (including phenoxy) is 2. The third-order valence-electron chi connectivity index (χ3n) is 3.01. The quantitative estimate of drug-likeness (QED) is 0.673. The maximum Gasteiger partial charge on any atom is 0.119 e. The molecule has 1 aromatic carbocycles. The highest BCUT2D eigenvalue weighted by atomic mass is 16.5. The topological polar surface area (TPSA) is 21.7 Å². The molecular formula is C15H25NO2. The van der Waals surface area contributed by atoms with Crippen molar-refractivity contribution in [1.82, 2.24) is 4.90 Å². The third-order valence-corrected chi connectivity index (χ3v) is 3.01. The first kappa shape index (κ1) is 14.8. The molecule has 0 saturated carbocycles. The van der Waals surface area contributed by atoms with Crippen molar-refractivity contribution in [3.05, 3.63) is 24.3 Å². The summed E-state index contributed by atoms with van der Waals surface area (Å²) in [6.45, 7) is 8.40. The second-order valence-electron chi connectivity index (χ2n) is 4.31. The van der Waals surface area contributed by atoms with Gasteiger partial charge in [-0.25, -0.2) is 0 Å². The molecule has 0 amide bonds. The van der Waals surface area contributed by atoms with Crippen LogP contribution in [0.5, 0.6) is 11.5 Å². The van der Waals surface area contributed by atoms with E-state index in [-0.39, 0.29) is 0 Å². The van der Waals surface area contributed by atoms with E-state index in [2.05, 4.69) is 18.7 Å². The zero-order valence-electron chi connectivity index (χ0n) is 11.8. The fourth-order valence-corrected chi connectivity index (χ4v) is 1.77. The summed E-state index contributed by atoms with van der Waals surface area (Å²) in [5.74, 6) is 1.77. The Bertz CT molecular complexity index is 311. The fourth-order valence-electron chi connectivity index (χ4n) is 1.77. The first-order valence-corrected chi connectivity index (χ1v) is 6.79. The molecule has 0 saturated heterocycles. The molecular weight excluding hydrogens is 226 g/mol. The molecule has 3 nitrogen and oxygen atoms in total. The molecule has 3 heteroatoms. The van der Waals surface area contributed by atoms with Crippen LogP contribution in [0.2, 0.25) is 0 Å². The van der Waals surface area contributed by atoms with Crippen LogP contribution in [0.25, 0.3) is 0 Å². The van der Waals surface area contributed by atoms with Crippen LogP contribution in [-0.2, 0) is 0 Å². The van der Waals surface area contributed by atoms with Gasteiger partial charge in [0, 0.05) is 6.54 Å². The molecule has 102 valence electrons. The molecule has 0 heterocycles. The Kier molecular flexibility index (Phi) is 7.26. The predicted molar refractivity (Wildman–Crippen MR) is 75.5 cm³/mol. The lowest BCUT2D eigenvalue weighted by atomic mass is 10.3. The molecule has 0 bridgehead atoms. The summed E-state index contributed by atoms with van der Waals surface area (Å²) in [6, 6.07) is 7.73. The number of hydrogen-bond acceptors (Lipinski definition) is 3. The zero-order valence-corrected chi connectivity index (χ0v) is 11.8. The standard InChI is InChI=1S/C15H25NO2/c1-4-6-11-16(5-2)12-13-18-15-9-7-14(17-3)8-10-15/h7-10H,4-6,11-13H2,1-3H3. The molecule has 0 aromatic heterocycles. The lowest BCUT2D eigenvalue weighted by molar-refractivity contribution is 0.213. The number of benzene rings is 1. The van der Waals surface area contributed by atoms with E-state index >= 15 is 0 Å². The molecule has 1 rings (SSSR count). The van der Waals surface area contributed by atoms with E-state index in [0.29, 0.717) is 0 Å². The van der Waals surface area contributed by atoms with Crippen molar-refractivity contribution >= 4 is 0 Å². The van der Waals surface area contributed by atoms with Gasteiger partial charge in [0.25, 0.3) is 0 Å². The van der Waals surface area contributed by atoms with Crippen LogP contribution in [0, 0.1) is 0 Å². The first-order chi connectivity index (χ1) is 8.80. The largest absolute Gasteiger partial charge is 0.497 e. The maximum atomic E-state index is 5.72. The van der Waals surface area contributed by atoms with E-state index in [4.69, 9.17) is 9.47 Å². The van der Waals surface area contributed by atoms with Gasteiger partial charge in [0.2, 0.25) is 0 Å². The SMILES string of the molecule is CCCCN(CC)CCOc1ccc(OC)cc1. The first-order valence-electron chi connectivity index (χ1n) is 6.79. The smallest absolute Gasteiger partial charge is 0.119 e. The molecule has 0 fully saturated rings. The molecule has 0 aliphatic heterocycles. The van der Waals surface area contributed by atoms with Gasteiger partial charge in [0.15, 0.2) is 0 Å². The number of methoxy groups -OCH3 is 1. The summed E-state index contributed by atoms with van der Waals surface area (Å²) in [7, 11) is 1.67. The van der Waals surface area contributed by atoms with Gasteiger partial charge >= 0.3 is 0 Å². The fraction of sp³-hybridized carbons (Fsp3) is 0.600. The third kappa shape index (κ3) is 5.41. The van der Waals surface area contributed by atoms with Crippen LogP contribution in [0.15, 0.2) is 24.3 Å². The Morgan fingerprint density at radius 1 is 1.00 bits per heavy atom. The van der Waals surface area contributed by atoms with Gasteiger partial charge in [-0.15, -0.1) is 0 Å². The molecule has 0 N–H and O–H groups in total. The molecule has 1 aromatic rings. The molecule has 0 spiro atoms. The number of nitrogens with zero attached hydrogens (tertiary/aromatic N) is 1. The minimum Gasteiger partial charge on any atom is -0.497 e. The van der Waals surface area contributed by atoms with Crippen LogP contribution in [-0.4, -0.2) is 38.3 Å². The maximum absolute atomic E-state index is 5.72. The van der Waals surface area contributed by atoms with Crippen LogP contribution in [0.3, 0.4) is 0 Å². The van der Waals surface area contributed by atoms with Crippen LogP contribution in [0.4, 0.5) is 0 Å². The summed E-state index contributed by atoms with van der Waals surface area (Å²) >= 11 is 0. The summed E-state index contributed by atoms with van der Waals surface area (Å²) in [5.41, 5.74) is 0. The number of likely N-dealkylation sites (N-methyl/N-ethyl adjacent to an activating group) is 1. The highest BCUT2D eigenvalue weighted by Crippen LogP contribution is 2.16. The van der Waals surface area contributed by atoms with Crippen LogP contribution >= 0.6 is 0 Å².